The van der Waals surface area contributed by atoms with Crippen LogP contribution < -0.4 is 5.32 Å². The Labute approximate surface area is 133 Å². The van der Waals surface area contributed by atoms with Crippen molar-refractivity contribution in [2.24, 2.45) is 11.3 Å². The molecule has 0 aromatic rings. The van der Waals surface area contributed by atoms with E-state index >= 15 is 0 Å². The topological polar surface area (TPSA) is 15.3 Å². The number of allylic oxidation sites excluding steroid dienone is 1. The minimum atomic E-state index is 0.616. The summed E-state index contributed by atoms with van der Waals surface area (Å²) in [6.07, 6.45) is 10.5. The molecular weight excluding hydrogens is 256 g/mol. The third kappa shape index (κ3) is 5.32. The van der Waals surface area contributed by atoms with Crippen LogP contribution in [0.5, 0.6) is 0 Å². The van der Waals surface area contributed by atoms with E-state index in [0.29, 0.717) is 11.3 Å². The Bertz CT molecular complexity index is 284. The zero-order chi connectivity index (χ0) is 15.7. The highest BCUT2D eigenvalue weighted by Crippen LogP contribution is 2.39. The smallest absolute Gasteiger partial charge is 0.0180 e. The molecule has 1 fully saturated rings. The molecule has 1 rings (SSSR count). The monoisotopic (exact) mass is 294 g/mol. The van der Waals surface area contributed by atoms with Gasteiger partial charge in [0.15, 0.2) is 0 Å². The first-order valence-electron chi connectivity index (χ1n) is 9.20. The van der Waals surface area contributed by atoms with E-state index in [1.165, 1.54) is 70.2 Å². The molecule has 1 unspecified atom stereocenters. The molecule has 21 heavy (non-hydrogen) atoms. The van der Waals surface area contributed by atoms with Gasteiger partial charge in [-0.1, -0.05) is 46.6 Å². The summed E-state index contributed by atoms with van der Waals surface area (Å²) < 4.78 is 0. The van der Waals surface area contributed by atoms with Crippen LogP contribution in [0.4, 0.5) is 0 Å². The molecule has 0 radical (unpaired) electrons. The first-order chi connectivity index (χ1) is 10.1. The lowest BCUT2D eigenvalue weighted by molar-refractivity contribution is 0.108. The van der Waals surface area contributed by atoms with E-state index in [4.69, 9.17) is 0 Å². The van der Waals surface area contributed by atoms with Gasteiger partial charge in [0, 0.05) is 18.8 Å². The summed E-state index contributed by atoms with van der Waals surface area (Å²) in [7, 11) is 2.04. The average molecular weight is 295 g/mol. The van der Waals surface area contributed by atoms with Gasteiger partial charge in [-0.3, -0.25) is 0 Å². The number of nitrogens with zero attached hydrogens (tertiary/aromatic N) is 1. The van der Waals surface area contributed by atoms with Crippen molar-refractivity contribution < 1.29 is 0 Å². The highest BCUT2D eigenvalue weighted by atomic mass is 15.1. The van der Waals surface area contributed by atoms with Crippen molar-refractivity contribution in [3.63, 3.8) is 0 Å². The fourth-order valence-electron chi connectivity index (χ4n) is 3.78. The molecule has 0 amide bonds. The number of rotatable bonds is 10. The molecule has 1 N–H and O–H groups in total. The maximum atomic E-state index is 4.46. The van der Waals surface area contributed by atoms with E-state index in [-0.39, 0.29) is 0 Å². The molecule has 0 saturated carbocycles. The van der Waals surface area contributed by atoms with Gasteiger partial charge in [-0.05, 0) is 57.0 Å². The molecule has 2 nitrogen and oxygen atoms in total. The Balaban J connectivity index is 2.43. The van der Waals surface area contributed by atoms with Crippen molar-refractivity contribution in [2.75, 3.05) is 26.7 Å². The van der Waals surface area contributed by atoms with Crippen LogP contribution in [0.3, 0.4) is 0 Å². The van der Waals surface area contributed by atoms with Crippen molar-refractivity contribution in [3.05, 3.63) is 12.3 Å². The van der Waals surface area contributed by atoms with Crippen LogP contribution in [-0.2, 0) is 0 Å². The lowest BCUT2D eigenvalue weighted by Gasteiger charge is -2.44. The van der Waals surface area contributed by atoms with E-state index in [9.17, 15) is 0 Å². The van der Waals surface area contributed by atoms with Crippen LogP contribution in [-0.4, -0.2) is 31.6 Å². The Morgan fingerprint density at radius 1 is 1.14 bits per heavy atom. The predicted molar refractivity (Wildman–Crippen MR) is 94.5 cm³/mol. The predicted octanol–water partition coefficient (Wildman–Crippen LogP) is 4.82. The minimum absolute atomic E-state index is 0.616. The van der Waals surface area contributed by atoms with E-state index in [1.54, 1.807) is 0 Å². The maximum absolute atomic E-state index is 4.46. The van der Waals surface area contributed by atoms with Gasteiger partial charge in [-0.15, -0.1) is 0 Å². The van der Waals surface area contributed by atoms with Crippen LogP contribution in [0, 0.1) is 11.3 Å². The molecule has 124 valence electrons. The van der Waals surface area contributed by atoms with Crippen LogP contribution in [0.25, 0.3) is 0 Å². The van der Waals surface area contributed by atoms with E-state index in [1.807, 2.05) is 7.05 Å². The lowest BCUT2D eigenvalue weighted by atomic mass is 9.74. The van der Waals surface area contributed by atoms with Crippen molar-refractivity contribution in [1.29, 1.82) is 0 Å². The Morgan fingerprint density at radius 3 is 2.24 bits per heavy atom. The molecule has 0 spiro atoms. The molecular formula is C19H38N2. The van der Waals surface area contributed by atoms with Gasteiger partial charge >= 0.3 is 0 Å². The molecule has 2 heteroatoms. The summed E-state index contributed by atoms with van der Waals surface area (Å²) in [5.74, 6) is 0.692. The highest BCUT2D eigenvalue weighted by molar-refractivity contribution is 5.02. The number of likely N-dealkylation sites (tertiary alicyclic amines) is 1. The second-order valence-corrected chi connectivity index (χ2v) is 6.89. The summed E-state index contributed by atoms with van der Waals surface area (Å²) in [6.45, 7) is 15.1. The van der Waals surface area contributed by atoms with Gasteiger partial charge in [0.1, 0.15) is 0 Å². The second kappa shape index (κ2) is 9.50. The summed E-state index contributed by atoms with van der Waals surface area (Å²) in [5.41, 5.74) is 2.04. The normalized spacial score (nSPS) is 19.5. The van der Waals surface area contributed by atoms with Crippen molar-refractivity contribution in [2.45, 2.75) is 72.1 Å². The van der Waals surface area contributed by atoms with Gasteiger partial charge < -0.3 is 10.2 Å². The molecule has 1 heterocycles. The first-order valence-corrected chi connectivity index (χ1v) is 9.20. The molecule has 1 aliphatic heterocycles. The van der Waals surface area contributed by atoms with Gasteiger partial charge in [-0.2, -0.15) is 0 Å². The van der Waals surface area contributed by atoms with Crippen LogP contribution in [0.15, 0.2) is 12.3 Å². The van der Waals surface area contributed by atoms with Crippen molar-refractivity contribution in [3.8, 4) is 0 Å². The maximum Gasteiger partial charge on any atom is 0.0180 e. The zero-order valence-corrected chi connectivity index (χ0v) is 15.0. The fourth-order valence-corrected chi connectivity index (χ4v) is 3.78. The Morgan fingerprint density at radius 2 is 1.76 bits per heavy atom. The van der Waals surface area contributed by atoms with Crippen molar-refractivity contribution in [1.82, 2.24) is 10.2 Å². The third-order valence-corrected chi connectivity index (χ3v) is 5.92. The molecule has 0 bridgehead atoms. The van der Waals surface area contributed by atoms with Crippen LogP contribution in [0.2, 0.25) is 0 Å². The van der Waals surface area contributed by atoms with Crippen molar-refractivity contribution >= 4 is 0 Å². The summed E-state index contributed by atoms with van der Waals surface area (Å²) in [4.78, 5) is 2.59. The summed E-state index contributed by atoms with van der Waals surface area (Å²) in [5, 5.41) is 3.24. The average Bonchev–Trinajstić information content (AvgIpc) is 2.54. The molecule has 1 aliphatic rings. The van der Waals surface area contributed by atoms with E-state index < -0.39 is 0 Å². The standard InChI is InChI=1S/C19H38N2/c1-6-18(11-9-10-14-20-5)17(4)21-15-12-19(7-2,8-3)13-16-21/h18,20H,4,6-16H2,1-3,5H3. The van der Waals surface area contributed by atoms with Gasteiger partial charge in [0.05, 0.1) is 0 Å². The molecule has 1 saturated heterocycles. The Kier molecular flexibility index (Phi) is 8.39. The first kappa shape index (κ1) is 18.5. The molecule has 0 aromatic heterocycles. The number of unbranched alkanes of at least 4 members (excludes halogenated alkanes) is 1. The SMILES string of the molecule is C=C(C(CC)CCCCNC)N1CCC(CC)(CC)CC1. The Hall–Kier alpha value is -0.500. The molecule has 0 aromatic carbocycles. The number of hydrogen-bond donors (Lipinski definition) is 1. The number of piperidine rings is 1. The quantitative estimate of drug-likeness (QED) is 0.581. The minimum Gasteiger partial charge on any atom is -0.375 e. The van der Waals surface area contributed by atoms with Gasteiger partial charge in [0.2, 0.25) is 0 Å². The molecule has 1 atom stereocenters. The second-order valence-electron chi connectivity index (χ2n) is 6.89. The number of nitrogens with one attached hydrogen (secondary N) is 1. The van der Waals surface area contributed by atoms with Gasteiger partial charge in [-0.25, -0.2) is 0 Å². The van der Waals surface area contributed by atoms with E-state index in [0.717, 1.165) is 6.54 Å². The van der Waals surface area contributed by atoms with Crippen LogP contribution >= 0.6 is 0 Å². The highest BCUT2D eigenvalue weighted by Gasteiger charge is 2.32. The fraction of sp³-hybridized carbons (Fsp3) is 0.895. The lowest BCUT2D eigenvalue weighted by Crippen LogP contribution is -2.40. The molecule has 0 aliphatic carbocycles. The largest absolute Gasteiger partial charge is 0.375 e. The third-order valence-electron chi connectivity index (χ3n) is 5.92. The zero-order valence-electron chi connectivity index (χ0n) is 15.0. The summed E-state index contributed by atoms with van der Waals surface area (Å²) in [6, 6.07) is 0. The summed E-state index contributed by atoms with van der Waals surface area (Å²) >= 11 is 0. The van der Waals surface area contributed by atoms with E-state index in [2.05, 4.69) is 37.6 Å². The van der Waals surface area contributed by atoms with Gasteiger partial charge in [0.25, 0.3) is 0 Å². The van der Waals surface area contributed by atoms with Crippen LogP contribution in [0.1, 0.15) is 72.1 Å². The number of hydrogen-bond acceptors (Lipinski definition) is 2.